The predicted molar refractivity (Wildman–Crippen MR) is 136 cm³/mol. The molecule has 0 heterocycles. The lowest BCUT2D eigenvalue weighted by Gasteiger charge is -2.12. The Morgan fingerprint density at radius 3 is 2.29 bits per heavy atom. The Hall–Kier alpha value is -4.71. The van der Waals surface area contributed by atoms with Crippen LogP contribution in [0.1, 0.15) is 21.5 Å². The number of nitro benzene ring substituents is 1. The average Bonchev–Trinajstić information content (AvgIpc) is 2.91. The summed E-state index contributed by atoms with van der Waals surface area (Å²) in [5.74, 6) is 0.941. The number of nitro groups is 1. The van der Waals surface area contributed by atoms with E-state index in [1.807, 2.05) is 48.5 Å². The Morgan fingerprint density at radius 2 is 1.57 bits per heavy atom. The van der Waals surface area contributed by atoms with E-state index in [0.717, 1.165) is 28.0 Å². The van der Waals surface area contributed by atoms with Gasteiger partial charge in [-0.3, -0.25) is 14.9 Å². The highest BCUT2D eigenvalue weighted by Crippen LogP contribution is 2.26. The van der Waals surface area contributed by atoms with Gasteiger partial charge in [0.15, 0.2) is 5.78 Å². The molecule has 0 saturated carbocycles. The van der Waals surface area contributed by atoms with Crippen molar-refractivity contribution < 1.29 is 19.2 Å². The zero-order valence-electron chi connectivity index (χ0n) is 19.1. The minimum atomic E-state index is -0.559. The molecule has 0 aliphatic heterocycles. The van der Waals surface area contributed by atoms with E-state index in [-0.39, 0.29) is 17.9 Å². The van der Waals surface area contributed by atoms with Crippen molar-refractivity contribution in [2.75, 3.05) is 7.11 Å². The van der Waals surface area contributed by atoms with Gasteiger partial charge in [0.1, 0.15) is 18.1 Å². The maximum absolute atomic E-state index is 12.6. The standard InChI is InChI=1S/C29H23NO5/c1-34-29-18-12-21(11-17-28(31)26-9-5-6-10-27(26)30(32)33)19-24(29)20-35-25-15-13-23(14-16-25)22-7-3-2-4-8-22/h2-19H,20H2,1H3/b17-11+. The van der Waals surface area contributed by atoms with Gasteiger partial charge in [-0.1, -0.05) is 66.7 Å². The molecule has 0 atom stereocenters. The normalized spacial score (nSPS) is 10.8. The summed E-state index contributed by atoms with van der Waals surface area (Å²) in [4.78, 5) is 23.2. The van der Waals surface area contributed by atoms with Gasteiger partial charge in [0, 0.05) is 11.6 Å². The first-order chi connectivity index (χ1) is 17.0. The Bertz CT molecular complexity index is 1360. The Morgan fingerprint density at radius 1 is 0.886 bits per heavy atom. The maximum Gasteiger partial charge on any atom is 0.280 e. The zero-order valence-corrected chi connectivity index (χ0v) is 19.1. The highest BCUT2D eigenvalue weighted by molar-refractivity contribution is 6.09. The van der Waals surface area contributed by atoms with Crippen LogP contribution < -0.4 is 9.47 Å². The second kappa shape index (κ2) is 10.9. The first kappa shape index (κ1) is 23.4. The molecular weight excluding hydrogens is 442 g/mol. The summed E-state index contributed by atoms with van der Waals surface area (Å²) in [7, 11) is 1.58. The van der Waals surface area contributed by atoms with Crippen molar-refractivity contribution in [2.24, 2.45) is 0 Å². The number of carbonyl (C=O) groups excluding carboxylic acids is 1. The molecule has 0 bridgehead atoms. The summed E-state index contributed by atoms with van der Waals surface area (Å²) in [5.41, 5.74) is 3.62. The van der Waals surface area contributed by atoms with E-state index in [1.54, 1.807) is 31.4 Å². The van der Waals surface area contributed by atoms with Crippen LogP contribution in [0.5, 0.6) is 11.5 Å². The van der Waals surface area contributed by atoms with Gasteiger partial charge in [-0.2, -0.15) is 0 Å². The van der Waals surface area contributed by atoms with Crippen molar-refractivity contribution >= 4 is 17.5 Å². The molecule has 6 nitrogen and oxygen atoms in total. The number of benzene rings is 4. The summed E-state index contributed by atoms with van der Waals surface area (Å²) in [6.07, 6.45) is 2.95. The molecule has 0 fully saturated rings. The lowest BCUT2D eigenvalue weighted by atomic mass is 10.1. The third-order valence-corrected chi connectivity index (χ3v) is 5.45. The van der Waals surface area contributed by atoms with Crippen LogP contribution in [0.3, 0.4) is 0 Å². The van der Waals surface area contributed by atoms with Crippen LogP contribution >= 0.6 is 0 Å². The van der Waals surface area contributed by atoms with Crippen molar-refractivity contribution in [1.82, 2.24) is 0 Å². The van der Waals surface area contributed by atoms with E-state index in [4.69, 9.17) is 9.47 Å². The van der Waals surface area contributed by atoms with Gasteiger partial charge in [-0.25, -0.2) is 0 Å². The molecule has 0 radical (unpaired) electrons. The summed E-state index contributed by atoms with van der Waals surface area (Å²) < 4.78 is 11.4. The molecule has 0 saturated heterocycles. The molecule has 6 heteroatoms. The Kier molecular flexibility index (Phi) is 7.33. The first-order valence-electron chi connectivity index (χ1n) is 11.0. The zero-order chi connectivity index (χ0) is 24.6. The van der Waals surface area contributed by atoms with Crippen LogP contribution in [0, 0.1) is 10.1 Å². The fourth-order valence-corrected chi connectivity index (χ4v) is 3.65. The van der Waals surface area contributed by atoms with E-state index < -0.39 is 10.7 Å². The van der Waals surface area contributed by atoms with Crippen LogP contribution in [0.2, 0.25) is 0 Å². The number of para-hydroxylation sites is 1. The fraction of sp³-hybridized carbons (Fsp3) is 0.0690. The molecule has 35 heavy (non-hydrogen) atoms. The number of rotatable bonds is 9. The number of carbonyl (C=O) groups is 1. The van der Waals surface area contributed by atoms with Crippen LogP contribution in [-0.4, -0.2) is 17.8 Å². The molecule has 0 aromatic heterocycles. The second-order valence-corrected chi connectivity index (χ2v) is 7.72. The van der Waals surface area contributed by atoms with Crippen LogP contribution in [0.4, 0.5) is 5.69 Å². The molecule has 0 aliphatic carbocycles. The molecule has 4 rings (SSSR count). The van der Waals surface area contributed by atoms with Crippen LogP contribution in [-0.2, 0) is 6.61 Å². The third-order valence-electron chi connectivity index (χ3n) is 5.45. The molecule has 4 aromatic carbocycles. The predicted octanol–water partition coefficient (Wildman–Crippen LogP) is 6.75. The summed E-state index contributed by atoms with van der Waals surface area (Å²) in [5, 5.41) is 11.2. The number of nitrogens with zero attached hydrogens (tertiary/aromatic N) is 1. The van der Waals surface area contributed by atoms with E-state index in [2.05, 4.69) is 12.1 Å². The molecule has 174 valence electrons. The molecule has 0 amide bonds. The number of hydrogen-bond acceptors (Lipinski definition) is 5. The number of ether oxygens (including phenoxy) is 2. The maximum atomic E-state index is 12.6. The van der Waals surface area contributed by atoms with Crippen LogP contribution in [0.15, 0.2) is 103 Å². The molecule has 0 unspecified atom stereocenters. The van der Waals surface area contributed by atoms with E-state index in [0.29, 0.717) is 5.75 Å². The number of methoxy groups -OCH3 is 1. The van der Waals surface area contributed by atoms with E-state index >= 15 is 0 Å². The third kappa shape index (κ3) is 5.81. The van der Waals surface area contributed by atoms with E-state index in [9.17, 15) is 14.9 Å². The average molecular weight is 466 g/mol. The number of ketones is 1. The molecular formula is C29H23NO5. The van der Waals surface area contributed by atoms with Gasteiger partial charge in [0.2, 0.25) is 0 Å². The smallest absolute Gasteiger partial charge is 0.280 e. The SMILES string of the molecule is COc1ccc(/C=C/C(=O)c2ccccc2[N+](=O)[O-])cc1COc1ccc(-c2ccccc2)cc1. The lowest BCUT2D eigenvalue weighted by Crippen LogP contribution is -2.01. The summed E-state index contributed by atoms with van der Waals surface area (Å²) >= 11 is 0. The number of hydrogen-bond donors (Lipinski definition) is 0. The van der Waals surface area contributed by atoms with Crippen molar-refractivity contribution in [3.63, 3.8) is 0 Å². The number of allylic oxidation sites excluding steroid dienone is 1. The molecule has 0 N–H and O–H groups in total. The van der Waals surface area contributed by atoms with Gasteiger partial charge in [0.05, 0.1) is 17.6 Å². The Labute approximate surface area is 203 Å². The van der Waals surface area contributed by atoms with Gasteiger partial charge < -0.3 is 9.47 Å². The second-order valence-electron chi connectivity index (χ2n) is 7.72. The first-order valence-corrected chi connectivity index (χ1v) is 11.0. The highest BCUT2D eigenvalue weighted by atomic mass is 16.6. The Balaban J connectivity index is 1.47. The molecule has 4 aromatic rings. The van der Waals surface area contributed by atoms with Gasteiger partial charge >= 0.3 is 0 Å². The minimum absolute atomic E-state index is 0.0461. The minimum Gasteiger partial charge on any atom is -0.496 e. The van der Waals surface area contributed by atoms with Crippen molar-refractivity contribution in [1.29, 1.82) is 0 Å². The summed E-state index contributed by atoms with van der Waals surface area (Å²) in [6.45, 7) is 0.271. The van der Waals surface area contributed by atoms with Crippen molar-refractivity contribution in [2.45, 2.75) is 6.61 Å². The molecule has 0 aliphatic rings. The largest absolute Gasteiger partial charge is 0.496 e. The van der Waals surface area contributed by atoms with Crippen molar-refractivity contribution in [3.8, 4) is 22.6 Å². The van der Waals surface area contributed by atoms with Crippen LogP contribution in [0.25, 0.3) is 17.2 Å². The topological polar surface area (TPSA) is 78.7 Å². The van der Waals surface area contributed by atoms with E-state index in [1.165, 1.54) is 24.3 Å². The van der Waals surface area contributed by atoms with Gasteiger partial charge in [-0.15, -0.1) is 0 Å². The quantitative estimate of drug-likeness (QED) is 0.118. The fourth-order valence-electron chi connectivity index (χ4n) is 3.65. The highest BCUT2D eigenvalue weighted by Gasteiger charge is 2.17. The molecule has 0 spiro atoms. The van der Waals surface area contributed by atoms with Gasteiger partial charge in [0.25, 0.3) is 5.69 Å². The van der Waals surface area contributed by atoms with Crippen molar-refractivity contribution in [3.05, 3.63) is 130 Å². The lowest BCUT2D eigenvalue weighted by molar-refractivity contribution is -0.385. The van der Waals surface area contributed by atoms with Gasteiger partial charge in [-0.05, 0) is 53.1 Å². The summed E-state index contributed by atoms with van der Waals surface area (Å²) in [6, 6.07) is 29.3. The monoisotopic (exact) mass is 465 g/mol.